The van der Waals surface area contributed by atoms with Crippen LogP contribution in [0.15, 0.2) is 0 Å². The maximum absolute atomic E-state index is 12.9. The summed E-state index contributed by atoms with van der Waals surface area (Å²) in [7, 11) is 1.28. The van der Waals surface area contributed by atoms with E-state index in [0.717, 1.165) is 83.8 Å². The summed E-state index contributed by atoms with van der Waals surface area (Å²) < 4.78 is 42.0. The topological polar surface area (TPSA) is 212 Å². The van der Waals surface area contributed by atoms with Gasteiger partial charge >= 0.3 is 17.9 Å². The average Bonchev–Trinajstić information content (AvgIpc) is 3.20. The molecule has 0 bridgehead atoms. The van der Waals surface area contributed by atoms with Gasteiger partial charge in [-0.1, -0.05) is 65.2 Å². The Bertz CT molecular complexity index is 1160. The molecule has 17 nitrogen and oxygen atoms in total. The fourth-order valence-electron chi connectivity index (χ4n) is 5.46. The lowest BCUT2D eigenvalue weighted by Crippen LogP contribution is -2.44. The number of esters is 3. The Labute approximate surface area is 365 Å². The lowest BCUT2D eigenvalue weighted by atomic mass is 10.1. The quantitative estimate of drug-likeness (QED) is 0.0430. The summed E-state index contributed by atoms with van der Waals surface area (Å²) >= 11 is 0. The average molecular weight is 876 g/mol. The van der Waals surface area contributed by atoms with Crippen molar-refractivity contribution in [2.45, 2.75) is 149 Å². The zero-order chi connectivity index (χ0) is 45.4. The Morgan fingerprint density at radius 1 is 0.508 bits per heavy atom. The highest BCUT2D eigenvalue weighted by Gasteiger charge is 2.27. The standard InChI is InChI=1S/C44H81N3O14/c1-36(2)33-60-41(51)20-16-12-8-10-14-18-26-55-25-17-13-9-7-11-15-19-39(49)47-37(43(53)61-44(3,4)5)21-22-38(48)45-23-27-56-29-31-58-34-40(50)46-24-28-57-30-32-59-35-42(52)54-6/h36-37H,7-35H2,1-6H3,(H,45,48)(H,46,50)(H,47,49)/t37-/m0/s1. The summed E-state index contributed by atoms with van der Waals surface area (Å²) in [5.41, 5.74) is -0.744. The first kappa shape index (κ1) is 57.6. The van der Waals surface area contributed by atoms with E-state index >= 15 is 0 Å². The lowest BCUT2D eigenvalue weighted by molar-refractivity contribution is -0.159. The molecule has 3 N–H and O–H groups in total. The Morgan fingerprint density at radius 3 is 1.56 bits per heavy atom. The van der Waals surface area contributed by atoms with Gasteiger partial charge in [0.05, 0.1) is 53.4 Å². The van der Waals surface area contributed by atoms with E-state index in [9.17, 15) is 28.8 Å². The van der Waals surface area contributed by atoms with Crippen molar-refractivity contribution in [3.63, 3.8) is 0 Å². The minimum Gasteiger partial charge on any atom is -0.467 e. The summed E-state index contributed by atoms with van der Waals surface area (Å²) in [4.78, 5) is 72.5. The SMILES string of the molecule is COC(=O)COCCOCCNC(=O)COCCOCCNC(=O)CC[C@H](NC(=O)CCCCCCCCOCCCCCCCCC(=O)OCC(C)C)C(=O)OC(C)(C)C. The van der Waals surface area contributed by atoms with Gasteiger partial charge in [0.15, 0.2) is 0 Å². The second-order valence-electron chi connectivity index (χ2n) is 16.2. The van der Waals surface area contributed by atoms with E-state index < -0.39 is 23.6 Å². The molecular formula is C44H81N3O14. The molecule has 0 aliphatic carbocycles. The van der Waals surface area contributed by atoms with Crippen LogP contribution in [0.2, 0.25) is 0 Å². The molecule has 0 aromatic heterocycles. The van der Waals surface area contributed by atoms with Crippen LogP contribution in [0, 0.1) is 5.92 Å². The molecule has 0 aromatic rings. The van der Waals surface area contributed by atoms with Gasteiger partial charge in [0, 0.05) is 45.6 Å². The third-order valence-electron chi connectivity index (χ3n) is 8.69. The van der Waals surface area contributed by atoms with Crippen LogP contribution in [0.4, 0.5) is 0 Å². The molecule has 356 valence electrons. The van der Waals surface area contributed by atoms with Crippen molar-refractivity contribution in [1.82, 2.24) is 16.0 Å². The van der Waals surface area contributed by atoms with E-state index in [1.54, 1.807) is 20.8 Å². The number of amides is 3. The molecule has 0 spiro atoms. The van der Waals surface area contributed by atoms with E-state index in [-0.39, 0.29) is 102 Å². The summed E-state index contributed by atoms with van der Waals surface area (Å²) in [6.07, 6.45) is 13.2. The van der Waals surface area contributed by atoms with Gasteiger partial charge in [-0.2, -0.15) is 0 Å². The van der Waals surface area contributed by atoms with Gasteiger partial charge in [-0.3, -0.25) is 19.2 Å². The zero-order valence-electron chi connectivity index (χ0n) is 38.4. The third kappa shape index (κ3) is 41.7. The Balaban J connectivity index is 3.96. The van der Waals surface area contributed by atoms with Crippen molar-refractivity contribution < 1.29 is 66.7 Å². The highest BCUT2D eigenvalue weighted by atomic mass is 16.6. The van der Waals surface area contributed by atoms with E-state index in [4.69, 9.17) is 33.2 Å². The summed E-state index contributed by atoms with van der Waals surface area (Å²) in [6, 6.07) is -0.939. The van der Waals surface area contributed by atoms with Crippen LogP contribution in [0.3, 0.4) is 0 Å². The van der Waals surface area contributed by atoms with Gasteiger partial charge in [-0.15, -0.1) is 0 Å². The number of hydrogen-bond acceptors (Lipinski definition) is 14. The van der Waals surface area contributed by atoms with Gasteiger partial charge in [0.2, 0.25) is 17.7 Å². The highest BCUT2D eigenvalue weighted by molar-refractivity contribution is 5.85. The molecule has 0 rings (SSSR count). The molecule has 1 atom stereocenters. The lowest BCUT2D eigenvalue weighted by Gasteiger charge is -2.24. The minimum absolute atomic E-state index is 0.0137. The molecular weight excluding hydrogens is 794 g/mol. The molecule has 0 aliphatic rings. The van der Waals surface area contributed by atoms with Crippen LogP contribution < -0.4 is 16.0 Å². The minimum atomic E-state index is -0.939. The van der Waals surface area contributed by atoms with Crippen LogP contribution in [0.5, 0.6) is 0 Å². The molecule has 0 heterocycles. The number of ether oxygens (including phenoxy) is 8. The number of carbonyl (C=O) groups is 6. The van der Waals surface area contributed by atoms with E-state index in [1.807, 2.05) is 13.8 Å². The molecule has 61 heavy (non-hydrogen) atoms. The van der Waals surface area contributed by atoms with Gasteiger partial charge in [-0.05, 0) is 58.8 Å². The molecule has 0 unspecified atom stereocenters. The van der Waals surface area contributed by atoms with Gasteiger partial charge in [-0.25, -0.2) is 9.59 Å². The second kappa shape index (κ2) is 39.5. The zero-order valence-corrected chi connectivity index (χ0v) is 38.4. The Morgan fingerprint density at radius 2 is 1.00 bits per heavy atom. The van der Waals surface area contributed by atoms with Crippen molar-refractivity contribution >= 4 is 35.6 Å². The molecule has 0 radical (unpaired) electrons. The summed E-state index contributed by atoms with van der Waals surface area (Å²) in [6.45, 7) is 13.1. The fourth-order valence-corrected chi connectivity index (χ4v) is 5.46. The Kier molecular flexibility index (Phi) is 37.3. The number of unbranched alkanes of at least 4 members (excludes halogenated alkanes) is 10. The summed E-state index contributed by atoms with van der Waals surface area (Å²) in [5, 5.41) is 8.17. The smallest absolute Gasteiger partial charge is 0.331 e. The molecule has 0 fully saturated rings. The number of rotatable bonds is 41. The normalized spacial score (nSPS) is 11.9. The fraction of sp³-hybridized carbons (Fsp3) is 0.864. The number of methoxy groups -OCH3 is 1. The summed E-state index contributed by atoms with van der Waals surface area (Å²) in [5.74, 6) is -1.59. The van der Waals surface area contributed by atoms with Crippen molar-refractivity contribution in [1.29, 1.82) is 0 Å². The monoisotopic (exact) mass is 876 g/mol. The maximum atomic E-state index is 12.9. The molecule has 0 saturated heterocycles. The van der Waals surface area contributed by atoms with Crippen LogP contribution in [-0.2, 0) is 66.7 Å². The van der Waals surface area contributed by atoms with Gasteiger partial charge < -0.3 is 53.8 Å². The van der Waals surface area contributed by atoms with Crippen molar-refractivity contribution in [3.8, 4) is 0 Å². The van der Waals surface area contributed by atoms with Crippen molar-refractivity contribution in [2.24, 2.45) is 5.92 Å². The van der Waals surface area contributed by atoms with Crippen molar-refractivity contribution in [3.05, 3.63) is 0 Å². The Hall–Kier alpha value is -3.38. The van der Waals surface area contributed by atoms with E-state index in [0.29, 0.717) is 31.9 Å². The number of carbonyl (C=O) groups excluding carboxylic acids is 6. The second-order valence-corrected chi connectivity index (χ2v) is 16.2. The van der Waals surface area contributed by atoms with Crippen LogP contribution in [-0.4, -0.2) is 140 Å². The molecule has 17 heteroatoms. The van der Waals surface area contributed by atoms with E-state index in [2.05, 4.69) is 20.7 Å². The van der Waals surface area contributed by atoms with Crippen LogP contribution >= 0.6 is 0 Å². The number of nitrogens with one attached hydrogen (secondary N) is 3. The first-order valence-electron chi connectivity index (χ1n) is 22.4. The predicted molar refractivity (Wildman–Crippen MR) is 230 cm³/mol. The van der Waals surface area contributed by atoms with Gasteiger partial charge in [0.25, 0.3) is 0 Å². The molecule has 0 saturated carbocycles. The molecule has 0 aromatic carbocycles. The first-order chi connectivity index (χ1) is 29.2. The van der Waals surface area contributed by atoms with Crippen molar-refractivity contribution in [2.75, 3.05) is 92.9 Å². The van der Waals surface area contributed by atoms with E-state index in [1.165, 1.54) is 7.11 Å². The number of hydrogen-bond donors (Lipinski definition) is 3. The van der Waals surface area contributed by atoms with Crippen LogP contribution in [0.1, 0.15) is 137 Å². The van der Waals surface area contributed by atoms with Crippen LogP contribution in [0.25, 0.3) is 0 Å². The maximum Gasteiger partial charge on any atom is 0.331 e. The molecule has 0 aliphatic heterocycles. The first-order valence-corrected chi connectivity index (χ1v) is 22.4. The predicted octanol–water partition coefficient (Wildman–Crippen LogP) is 4.74. The largest absolute Gasteiger partial charge is 0.467 e. The molecule has 3 amide bonds. The van der Waals surface area contributed by atoms with Gasteiger partial charge in [0.1, 0.15) is 24.9 Å². The highest BCUT2D eigenvalue weighted by Crippen LogP contribution is 2.13. The third-order valence-corrected chi connectivity index (χ3v) is 8.69.